The van der Waals surface area contributed by atoms with Gasteiger partial charge in [0.25, 0.3) is 5.91 Å². The third kappa shape index (κ3) is 3.68. The number of rotatable bonds is 4. The predicted octanol–water partition coefficient (Wildman–Crippen LogP) is 3.38. The van der Waals surface area contributed by atoms with Crippen molar-refractivity contribution in [3.8, 4) is 0 Å². The van der Waals surface area contributed by atoms with Gasteiger partial charge in [0, 0.05) is 42.9 Å². The van der Waals surface area contributed by atoms with Gasteiger partial charge in [0.1, 0.15) is 0 Å². The van der Waals surface area contributed by atoms with Crippen LogP contribution < -0.4 is 15.5 Å². The number of aromatic nitrogens is 2. The van der Waals surface area contributed by atoms with Crippen LogP contribution in [0.15, 0.2) is 60.9 Å². The first-order valence-corrected chi connectivity index (χ1v) is 8.96. The molecule has 4 rings (SSSR count). The van der Waals surface area contributed by atoms with Crippen molar-refractivity contribution in [3.63, 3.8) is 0 Å². The van der Waals surface area contributed by atoms with Crippen LogP contribution in [0.4, 0.5) is 23.0 Å². The summed E-state index contributed by atoms with van der Waals surface area (Å²) >= 11 is 0. The fourth-order valence-electron chi connectivity index (χ4n) is 3.18. The third-order valence-electron chi connectivity index (χ3n) is 4.49. The third-order valence-corrected chi connectivity index (χ3v) is 4.49. The average molecular weight is 373 g/mol. The molecule has 2 aromatic carbocycles. The molecule has 1 aliphatic rings. The fourth-order valence-corrected chi connectivity index (χ4v) is 3.18. The summed E-state index contributed by atoms with van der Waals surface area (Å²) in [5.74, 6) is 0.173. The van der Waals surface area contributed by atoms with Crippen molar-refractivity contribution in [2.24, 2.45) is 0 Å². The van der Waals surface area contributed by atoms with E-state index >= 15 is 0 Å². The summed E-state index contributed by atoms with van der Waals surface area (Å²) in [6.45, 7) is 2.13. The minimum absolute atomic E-state index is 0.101. The number of benzene rings is 2. The van der Waals surface area contributed by atoms with E-state index in [1.165, 1.54) is 24.9 Å². The van der Waals surface area contributed by atoms with E-state index in [0.29, 0.717) is 23.7 Å². The van der Waals surface area contributed by atoms with Gasteiger partial charge in [-0.25, -0.2) is 9.97 Å². The number of amides is 2. The van der Waals surface area contributed by atoms with E-state index < -0.39 is 0 Å². The monoisotopic (exact) mass is 373 g/mol. The number of nitrogens with one attached hydrogen (secondary N) is 2. The minimum atomic E-state index is -0.120. The molecule has 1 aromatic heterocycles. The Morgan fingerprint density at radius 3 is 2.36 bits per heavy atom. The van der Waals surface area contributed by atoms with Crippen LogP contribution >= 0.6 is 0 Å². The Morgan fingerprint density at radius 1 is 0.964 bits per heavy atom. The maximum absolute atomic E-state index is 12.8. The molecule has 2 amide bonds. The lowest BCUT2D eigenvalue weighted by Gasteiger charge is -2.17. The Bertz CT molecular complexity index is 1020. The summed E-state index contributed by atoms with van der Waals surface area (Å²) in [6.07, 6.45) is 3.92. The average Bonchev–Trinajstić information content (AvgIpc) is 3.13. The Hall–Kier alpha value is -3.74. The van der Waals surface area contributed by atoms with Gasteiger partial charge in [-0.2, -0.15) is 0 Å². The van der Waals surface area contributed by atoms with Gasteiger partial charge < -0.3 is 15.5 Å². The van der Waals surface area contributed by atoms with Crippen LogP contribution in [0, 0.1) is 0 Å². The summed E-state index contributed by atoms with van der Waals surface area (Å²) < 4.78 is 0. The number of nitrogens with zero attached hydrogens (tertiary/aromatic N) is 3. The second-order valence-corrected chi connectivity index (χ2v) is 6.51. The zero-order chi connectivity index (χ0) is 19.5. The second kappa shape index (κ2) is 7.48. The van der Waals surface area contributed by atoms with Gasteiger partial charge in [0.2, 0.25) is 11.9 Å². The van der Waals surface area contributed by atoms with Gasteiger partial charge in [0.15, 0.2) is 0 Å². The molecule has 3 aromatic rings. The largest absolute Gasteiger partial charge is 0.326 e. The van der Waals surface area contributed by atoms with Crippen LogP contribution in [-0.4, -0.2) is 28.3 Å². The number of para-hydroxylation sites is 1. The van der Waals surface area contributed by atoms with Crippen molar-refractivity contribution in [1.29, 1.82) is 0 Å². The van der Waals surface area contributed by atoms with Crippen molar-refractivity contribution in [2.75, 3.05) is 22.1 Å². The smallest absolute Gasteiger partial charge is 0.261 e. The topological polar surface area (TPSA) is 87.2 Å². The highest BCUT2D eigenvalue weighted by atomic mass is 16.2. The Balaban J connectivity index is 1.44. The van der Waals surface area contributed by atoms with E-state index in [1.807, 2.05) is 36.4 Å². The summed E-state index contributed by atoms with van der Waals surface area (Å²) in [4.78, 5) is 34.1. The number of hydrogen-bond donors (Lipinski definition) is 2. The fraction of sp³-hybridized carbons (Fsp3) is 0.143. The molecule has 140 valence electrons. The maximum Gasteiger partial charge on any atom is 0.261 e. The van der Waals surface area contributed by atoms with Gasteiger partial charge in [-0.3, -0.25) is 9.59 Å². The van der Waals surface area contributed by atoms with Crippen LogP contribution in [-0.2, 0) is 11.2 Å². The summed E-state index contributed by atoms with van der Waals surface area (Å²) in [6, 6.07) is 15.1. The van der Waals surface area contributed by atoms with E-state index in [1.54, 1.807) is 17.0 Å². The highest BCUT2D eigenvalue weighted by Crippen LogP contribution is 2.28. The molecule has 0 aliphatic carbocycles. The quantitative estimate of drug-likeness (QED) is 0.732. The molecule has 0 saturated heterocycles. The van der Waals surface area contributed by atoms with E-state index in [-0.39, 0.29) is 11.8 Å². The molecule has 0 bridgehead atoms. The maximum atomic E-state index is 12.8. The molecule has 7 nitrogen and oxygen atoms in total. The van der Waals surface area contributed by atoms with Crippen LogP contribution in [0.1, 0.15) is 22.8 Å². The molecule has 28 heavy (non-hydrogen) atoms. The first kappa shape index (κ1) is 17.7. The standard InChI is InChI=1S/C21H19N5O2/c1-14(27)24-17-6-8-18(9-7-17)25-21-22-12-16(13-23-21)20(28)26-11-10-15-4-2-3-5-19(15)26/h2-9,12-13H,10-11H2,1H3,(H,24,27)(H,22,23,25). The SMILES string of the molecule is CC(=O)Nc1ccc(Nc2ncc(C(=O)N3CCc4ccccc43)cn2)cc1. The summed E-state index contributed by atoms with van der Waals surface area (Å²) in [5, 5.41) is 5.79. The highest BCUT2D eigenvalue weighted by molar-refractivity contribution is 6.07. The molecule has 1 aliphatic heterocycles. The normalized spacial score (nSPS) is 12.4. The van der Waals surface area contributed by atoms with Crippen molar-refractivity contribution < 1.29 is 9.59 Å². The lowest BCUT2D eigenvalue weighted by atomic mass is 10.2. The molecule has 0 atom stereocenters. The Morgan fingerprint density at radius 2 is 1.64 bits per heavy atom. The van der Waals surface area contributed by atoms with Crippen LogP contribution in [0.25, 0.3) is 0 Å². The lowest BCUT2D eigenvalue weighted by molar-refractivity contribution is -0.114. The van der Waals surface area contributed by atoms with Gasteiger partial charge in [-0.1, -0.05) is 18.2 Å². The lowest BCUT2D eigenvalue weighted by Crippen LogP contribution is -2.29. The van der Waals surface area contributed by atoms with Crippen LogP contribution in [0.5, 0.6) is 0 Å². The van der Waals surface area contributed by atoms with Crippen LogP contribution in [0.3, 0.4) is 0 Å². The number of carbonyl (C=O) groups is 2. The van der Waals surface area contributed by atoms with Crippen molar-refractivity contribution in [1.82, 2.24) is 9.97 Å². The molecule has 2 N–H and O–H groups in total. The van der Waals surface area contributed by atoms with Gasteiger partial charge in [0.05, 0.1) is 5.56 Å². The molecule has 0 saturated carbocycles. The molecule has 0 radical (unpaired) electrons. The van der Waals surface area contributed by atoms with E-state index in [4.69, 9.17) is 0 Å². The summed E-state index contributed by atoms with van der Waals surface area (Å²) in [5.41, 5.74) is 4.07. The molecular formula is C21H19N5O2. The second-order valence-electron chi connectivity index (χ2n) is 6.51. The highest BCUT2D eigenvalue weighted by Gasteiger charge is 2.25. The number of carbonyl (C=O) groups excluding carboxylic acids is 2. The van der Waals surface area contributed by atoms with Gasteiger partial charge in [-0.15, -0.1) is 0 Å². The molecule has 2 heterocycles. The zero-order valence-corrected chi connectivity index (χ0v) is 15.3. The molecule has 0 unspecified atom stereocenters. The van der Waals surface area contributed by atoms with Crippen LogP contribution in [0.2, 0.25) is 0 Å². The van der Waals surface area contributed by atoms with Gasteiger partial charge in [-0.05, 0) is 42.3 Å². The molecule has 0 spiro atoms. The first-order chi connectivity index (χ1) is 13.6. The summed E-state index contributed by atoms with van der Waals surface area (Å²) in [7, 11) is 0. The number of fused-ring (bicyclic) bond motifs is 1. The molecular weight excluding hydrogens is 354 g/mol. The Kier molecular flexibility index (Phi) is 4.72. The zero-order valence-electron chi connectivity index (χ0n) is 15.3. The predicted molar refractivity (Wildman–Crippen MR) is 108 cm³/mol. The van der Waals surface area contributed by atoms with E-state index in [2.05, 4.69) is 20.6 Å². The van der Waals surface area contributed by atoms with Crippen molar-refractivity contribution >= 4 is 34.8 Å². The minimum Gasteiger partial charge on any atom is -0.326 e. The number of hydrogen-bond acceptors (Lipinski definition) is 5. The molecule has 7 heteroatoms. The van der Waals surface area contributed by atoms with E-state index in [9.17, 15) is 9.59 Å². The van der Waals surface area contributed by atoms with E-state index in [0.717, 1.165) is 17.8 Å². The first-order valence-electron chi connectivity index (χ1n) is 8.96. The van der Waals surface area contributed by atoms with Gasteiger partial charge >= 0.3 is 0 Å². The van der Waals surface area contributed by atoms with Crippen molar-refractivity contribution in [3.05, 3.63) is 72.1 Å². The van der Waals surface area contributed by atoms with Crippen molar-refractivity contribution in [2.45, 2.75) is 13.3 Å². The number of anilines is 4. The molecule has 0 fully saturated rings. The Labute approximate surface area is 162 Å².